The number of aromatic nitrogens is 1. The van der Waals surface area contributed by atoms with E-state index >= 15 is 0 Å². The van der Waals surface area contributed by atoms with Crippen LogP contribution in [0, 0.1) is 0 Å². The molecule has 1 aromatic rings. The van der Waals surface area contributed by atoms with E-state index in [1.54, 1.807) is 6.07 Å². The Balaban J connectivity index is 2.31. The van der Waals surface area contributed by atoms with Gasteiger partial charge in [0.2, 0.25) is 0 Å². The predicted molar refractivity (Wildman–Crippen MR) is 81.0 cm³/mol. The molecule has 106 valence electrons. The van der Waals surface area contributed by atoms with Gasteiger partial charge in [-0.1, -0.05) is 23.2 Å². The van der Waals surface area contributed by atoms with Crippen molar-refractivity contribution in [3.8, 4) is 0 Å². The first-order valence-electron chi connectivity index (χ1n) is 6.23. The van der Waals surface area contributed by atoms with Gasteiger partial charge in [0.25, 0.3) is 0 Å². The molecule has 1 saturated heterocycles. The molecule has 19 heavy (non-hydrogen) atoms. The van der Waals surface area contributed by atoms with Crippen LogP contribution in [0.4, 0.5) is 11.6 Å². The number of anilines is 2. The topological polar surface area (TPSA) is 57.4 Å². The lowest BCUT2D eigenvalue weighted by Crippen LogP contribution is -2.55. The summed E-state index contributed by atoms with van der Waals surface area (Å²) < 4.78 is 0. The minimum absolute atomic E-state index is 0.423. The molecular formula is C12H19Cl2N5. The molecule has 2 atom stereocenters. The second kappa shape index (κ2) is 5.71. The van der Waals surface area contributed by atoms with E-state index in [4.69, 9.17) is 29.0 Å². The van der Waals surface area contributed by atoms with E-state index in [1.807, 2.05) is 0 Å². The Bertz CT molecular complexity index is 456. The molecule has 2 unspecified atom stereocenters. The minimum Gasteiger partial charge on any atom is -0.352 e. The largest absolute Gasteiger partial charge is 0.352 e. The molecule has 7 heteroatoms. The first kappa shape index (κ1) is 14.7. The third-order valence-electron chi connectivity index (χ3n) is 3.71. The number of nitrogens with zero attached hydrogens (tertiary/aromatic N) is 3. The Labute approximate surface area is 123 Å². The third kappa shape index (κ3) is 2.89. The molecule has 0 amide bonds. The van der Waals surface area contributed by atoms with Gasteiger partial charge in [0.1, 0.15) is 5.82 Å². The van der Waals surface area contributed by atoms with Crippen LogP contribution >= 0.6 is 23.2 Å². The Hall–Kier alpha value is -0.750. The molecule has 1 aliphatic heterocycles. The zero-order chi connectivity index (χ0) is 14.2. The SMILES string of the molecule is CC1CN(c2nc(NN)c(Cl)cc2Cl)CC(C)N1C. The standard InChI is InChI=1S/C12H19Cl2N5/c1-7-5-19(6-8(2)18(7)3)12-10(14)4-9(13)11(16-12)17-15/h4,7-8H,5-6,15H2,1-3H3,(H,16,17). The van der Waals surface area contributed by atoms with Gasteiger partial charge < -0.3 is 10.3 Å². The van der Waals surface area contributed by atoms with E-state index in [1.165, 1.54) is 0 Å². The molecule has 2 heterocycles. The number of rotatable bonds is 2. The van der Waals surface area contributed by atoms with Crippen molar-refractivity contribution in [3.63, 3.8) is 0 Å². The molecule has 0 radical (unpaired) electrons. The molecule has 1 fully saturated rings. The Morgan fingerprint density at radius 3 is 2.37 bits per heavy atom. The van der Waals surface area contributed by atoms with E-state index in [2.05, 4.69) is 41.1 Å². The van der Waals surface area contributed by atoms with Gasteiger partial charge in [0.05, 0.1) is 10.0 Å². The van der Waals surface area contributed by atoms with Crippen molar-refractivity contribution in [2.45, 2.75) is 25.9 Å². The Morgan fingerprint density at radius 1 is 1.26 bits per heavy atom. The number of nitrogen functional groups attached to an aromatic ring is 1. The van der Waals surface area contributed by atoms with Crippen LogP contribution < -0.4 is 16.2 Å². The summed E-state index contributed by atoms with van der Waals surface area (Å²) in [4.78, 5) is 8.94. The van der Waals surface area contributed by atoms with Crippen molar-refractivity contribution in [2.75, 3.05) is 30.5 Å². The number of nitrogens with one attached hydrogen (secondary N) is 1. The van der Waals surface area contributed by atoms with Crippen molar-refractivity contribution in [1.29, 1.82) is 0 Å². The summed E-state index contributed by atoms with van der Waals surface area (Å²) in [5.74, 6) is 6.58. The van der Waals surface area contributed by atoms with Crippen molar-refractivity contribution in [1.82, 2.24) is 9.88 Å². The van der Waals surface area contributed by atoms with Crippen molar-refractivity contribution >= 4 is 34.8 Å². The molecule has 2 rings (SSSR count). The van der Waals surface area contributed by atoms with Crippen LogP contribution in [0.5, 0.6) is 0 Å². The summed E-state index contributed by atoms with van der Waals surface area (Å²) in [5.41, 5.74) is 2.49. The van der Waals surface area contributed by atoms with Crippen LogP contribution in [0.1, 0.15) is 13.8 Å². The maximum Gasteiger partial charge on any atom is 0.161 e. The van der Waals surface area contributed by atoms with Gasteiger partial charge in [-0.25, -0.2) is 10.8 Å². The van der Waals surface area contributed by atoms with Crippen LogP contribution in [-0.2, 0) is 0 Å². The van der Waals surface area contributed by atoms with Gasteiger partial charge in [-0.2, -0.15) is 0 Å². The van der Waals surface area contributed by atoms with Gasteiger partial charge in [-0.05, 0) is 27.0 Å². The monoisotopic (exact) mass is 303 g/mol. The van der Waals surface area contributed by atoms with Gasteiger partial charge in [-0.3, -0.25) is 4.90 Å². The fourth-order valence-electron chi connectivity index (χ4n) is 2.36. The van der Waals surface area contributed by atoms with E-state index in [0.29, 0.717) is 27.9 Å². The highest BCUT2D eigenvalue weighted by Crippen LogP contribution is 2.32. The highest BCUT2D eigenvalue weighted by atomic mass is 35.5. The van der Waals surface area contributed by atoms with Crippen LogP contribution in [0.25, 0.3) is 0 Å². The smallest absolute Gasteiger partial charge is 0.161 e. The van der Waals surface area contributed by atoms with E-state index in [-0.39, 0.29) is 0 Å². The minimum atomic E-state index is 0.423. The summed E-state index contributed by atoms with van der Waals surface area (Å²) in [6.07, 6.45) is 0. The van der Waals surface area contributed by atoms with Crippen LogP contribution in [0.3, 0.4) is 0 Å². The second-order valence-corrected chi connectivity index (χ2v) is 5.85. The zero-order valence-electron chi connectivity index (χ0n) is 11.3. The summed E-state index contributed by atoms with van der Waals surface area (Å²) in [7, 11) is 2.14. The highest BCUT2D eigenvalue weighted by Gasteiger charge is 2.28. The summed E-state index contributed by atoms with van der Waals surface area (Å²) in [5, 5.41) is 0.972. The average molecular weight is 304 g/mol. The average Bonchev–Trinajstić information content (AvgIpc) is 2.35. The Morgan fingerprint density at radius 2 is 1.84 bits per heavy atom. The number of pyridine rings is 1. The van der Waals surface area contributed by atoms with E-state index < -0.39 is 0 Å². The second-order valence-electron chi connectivity index (χ2n) is 5.04. The predicted octanol–water partition coefficient (Wildman–Crippen LogP) is 2.20. The van der Waals surface area contributed by atoms with Gasteiger partial charge >= 0.3 is 0 Å². The molecule has 0 aromatic carbocycles. The van der Waals surface area contributed by atoms with Crippen LogP contribution in [0.2, 0.25) is 10.0 Å². The van der Waals surface area contributed by atoms with E-state index in [0.717, 1.165) is 18.9 Å². The number of halogens is 2. The van der Waals surface area contributed by atoms with Gasteiger partial charge in [0, 0.05) is 25.2 Å². The summed E-state index contributed by atoms with van der Waals surface area (Å²) in [6, 6.07) is 2.55. The first-order chi connectivity index (χ1) is 8.93. The molecule has 0 spiro atoms. The molecule has 3 N–H and O–H groups in total. The molecule has 0 bridgehead atoms. The fraction of sp³-hybridized carbons (Fsp3) is 0.583. The molecular weight excluding hydrogens is 285 g/mol. The summed E-state index contributed by atoms with van der Waals surface area (Å²) in [6.45, 7) is 6.13. The zero-order valence-corrected chi connectivity index (χ0v) is 12.8. The lowest BCUT2D eigenvalue weighted by atomic mass is 10.1. The number of hydrogen-bond acceptors (Lipinski definition) is 5. The van der Waals surface area contributed by atoms with Crippen molar-refractivity contribution < 1.29 is 0 Å². The number of piperazine rings is 1. The summed E-state index contributed by atoms with van der Waals surface area (Å²) >= 11 is 12.3. The quantitative estimate of drug-likeness (QED) is 0.648. The molecule has 1 aromatic heterocycles. The maximum absolute atomic E-state index is 6.25. The lowest BCUT2D eigenvalue weighted by Gasteiger charge is -2.43. The lowest BCUT2D eigenvalue weighted by molar-refractivity contribution is 0.169. The van der Waals surface area contributed by atoms with Gasteiger partial charge in [0.15, 0.2) is 5.82 Å². The Kier molecular flexibility index (Phi) is 4.40. The molecule has 0 aliphatic carbocycles. The van der Waals surface area contributed by atoms with Crippen molar-refractivity contribution in [3.05, 3.63) is 16.1 Å². The van der Waals surface area contributed by atoms with E-state index in [9.17, 15) is 0 Å². The fourth-order valence-corrected chi connectivity index (χ4v) is 2.89. The number of likely N-dealkylation sites (N-methyl/N-ethyl adjacent to an activating group) is 1. The number of hydrogen-bond donors (Lipinski definition) is 2. The third-order valence-corrected chi connectivity index (χ3v) is 4.27. The maximum atomic E-state index is 6.25. The van der Waals surface area contributed by atoms with Crippen LogP contribution in [-0.4, -0.2) is 42.1 Å². The normalized spacial score (nSPS) is 24.6. The first-order valence-corrected chi connectivity index (χ1v) is 6.99. The highest BCUT2D eigenvalue weighted by molar-refractivity contribution is 6.37. The number of hydrazine groups is 1. The van der Waals surface area contributed by atoms with Crippen LogP contribution in [0.15, 0.2) is 6.07 Å². The van der Waals surface area contributed by atoms with Gasteiger partial charge in [-0.15, -0.1) is 0 Å². The number of nitrogens with two attached hydrogens (primary N) is 1. The molecule has 5 nitrogen and oxygen atoms in total. The van der Waals surface area contributed by atoms with Crippen molar-refractivity contribution in [2.24, 2.45) is 5.84 Å². The molecule has 1 aliphatic rings. The molecule has 0 saturated carbocycles.